The standard InChI is InChI=1S/C15H11BrN2O/c16-12-8-4-7-11(9-12)13-14(18-19-15(13)17)10-5-2-1-3-6-10/h1-9H,17H2. The number of hydrogen-bond acceptors (Lipinski definition) is 3. The van der Waals surface area contributed by atoms with Crippen LogP contribution in [0.1, 0.15) is 0 Å². The summed E-state index contributed by atoms with van der Waals surface area (Å²) in [7, 11) is 0. The molecule has 1 heterocycles. The van der Waals surface area contributed by atoms with Gasteiger partial charge in [-0.2, -0.15) is 0 Å². The van der Waals surface area contributed by atoms with Crippen LogP contribution < -0.4 is 5.73 Å². The molecule has 0 aliphatic carbocycles. The monoisotopic (exact) mass is 314 g/mol. The Kier molecular flexibility index (Phi) is 3.09. The van der Waals surface area contributed by atoms with Crippen molar-refractivity contribution in [2.24, 2.45) is 0 Å². The van der Waals surface area contributed by atoms with Gasteiger partial charge < -0.3 is 10.3 Å². The topological polar surface area (TPSA) is 52.0 Å². The predicted molar refractivity (Wildman–Crippen MR) is 79.5 cm³/mol. The van der Waals surface area contributed by atoms with E-state index in [0.717, 1.165) is 26.9 Å². The first-order chi connectivity index (χ1) is 9.25. The first-order valence-corrected chi connectivity index (χ1v) is 6.61. The Morgan fingerprint density at radius 3 is 2.42 bits per heavy atom. The van der Waals surface area contributed by atoms with Gasteiger partial charge in [0.15, 0.2) is 0 Å². The van der Waals surface area contributed by atoms with Crippen molar-refractivity contribution in [1.82, 2.24) is 5.16 Å². The number of rotatable bonds is 2. The summed E-state index contributed by atoms with van der Waals surface area (Å²) in [6, 6.07) is 17.8. The van der Waals surface area contributed by atoms with E-state index in [0.29, 0.717) is 5.88 Å². The van der Waals surface area contributed by atoms with Crippen molar-refractivity contribution in [2.75, 3.05) is 5.73 Å². The summed E-state index contributed by atoms with van der Waals surface area (Å²) < 4.78 is 6.15. The van der Waals surface area contributed by atoms with Gasteiger partial charge in [0.25, 0.3) is 0 Å². The molecule has 1 aromatic heterocycles. The third-order valence-electron chi connectivity index (χ3n) is 2.88. The highest BCUT2D eigenvalue weighted by Gasteiger charge is 2.17. The first kappa shape index (κ1) is 12.0. The summed E-state index contributed by atoms with van der Waals surface area (Å²) in [4.78, 5) is 0. The maximum absolute atomic E-state index is 5.92. The van der Waals surface area contributed by atoms with Crippen molar-refractivity contribution in [3.63, 3.8) is 0 Å². The summed E-state index contributed by atoms with van der Waals surface area (Å²) in [5, 5.41) is 4.08. The molecule has 3 nitrogen and oxygen atoms in total. The number of nitrogens with zero attached hydrogens (tertiary/aromatic N) is 1. The van der Waals surface area contributed by atoms with E-state index in [9.17, 15) is 0 Å². The van der Waals surface area contributed by atoms with Crippen LogP contribution in [0.15, 0.2) is 63.6 Å². The van der Waals surface area contributed by atoms with Crippen LogP contribution in [-0.4, -0.2) is 5.16 Å². The SMILES string of the molecule is Nc1onc(-c2ccccc2)c1-c1cccc(Br)c1. The van der Waals surface area contributed by atoms with Gasteiger partial charge in [-0.25, -0.2) is 0 Å². The largest absolute Gasteiger partial charge is 0.367 e. The summed E-state index contributed by atoms with van der Waals surface area (Å²) in [6.07, 6.45) is 0. The van der Waals surface area contributed by atoms with Gasteiger partial charge in [0.05, 0.1) is 5.56 Å². The Morgan fingerprint density at radius 1 is 0.947 bits per heavy atom. The highest BCUT2D eigenvalue weighted by Crippen LogP contribution is 2.36. The van der Waals surface area contributed by atoms with E-state index in [2.05, 4.69) is 21.1 Å². The predicted octanol–water partition coefficient (Wildman–Crippen LogP) is 4.35. The molecule has 0 saturated carbocycles. The molecule has 19 heavy (non-hydrogen) atoms. The fourth-order valence-electron chi connectivity index (χ4n) is 2.02. The fraction of sp³-hybridized carbons (Fsp3) is 0. The molecule has 0 aliphatic heterocycles. The highest BCUT2D eigenvalue weighted by atomic mass is 79.9. The second kappa shape index (κ2) is 4.90. The zero-order valence-electron chi connectivity index (χ0n) is 10.0. The zero-order chi connectivity index (χ0) is 13.2. The van der Waals surface area contributed by atoms with Crippen molar-refractivity contribution >= 4 is 21.8 Å². The molecule has 0 amide bonds. The maximum atomic E-state index is 5.92. The smallest absolute Gasteiger partial charge is 0.230 e. The van der Waals surface area contributed by atoms with Gasteiger partial charge in [-0.1, -0.05) is 63.6 Å². The van der Waals surface area contributed by atoms with E-state index in [1.54, 1.807) is 0 Å². The van der Waals surface area contributed by atoms with Crippen LogP contribution >= 0.6 is 15.9 Å². The van der Waals surface area contributed by atoms with Crippen molar-refractivity contribution in [3.05, 3.63) is 59.1 Å². The Morgan fingerprint density at radius 2 is 1.68 bits per heavy atom. The van der Waals surface area contributed by atoms with Crippen LogP contribution in [0.4, 0.5) is 5.88 Å². The van der Waals surface area contributed by atoms with E-state index in [4.69, 9.17) is 10.3 Å². The minimum atomic E-state index is 0.331. The number of benzene rings is 2. The Balaban J connectivity index is 2.20. The van der Waals surface area contributed by atoms with Crippen molar-refractivity contribution < 1.29 is 4.52 Å². The number of anilines is 1. The molecule has 0 spiro atoms. The molecule has 0 atom stereocenters. The number of hydrogen-bond donors (Lipinski definition) is 1. The van der Waals surface area contributed by atoms with Gasteiger partial charge in [0.2, 0.25) is 5.88 Å². The van der Waals surface area contributed by atoms with Gasteiger partial charge >= 0.3 is 0 Å². The van der Waals surface area contributed by atoms with E-state index >= 15 is 0 Å². The van der Waals surface area contributed by atoms with E-state index in [1.165, 1.54) is 0 Å². The normalized spacial score (nSPS) is 10.6. The number of aromatic nitrogens is 1. The lowest BCUT2D eigenvalue weighted by Gasteiger charge is -2.03. The van der Waals surface area contributed by atoms with Crippen molar-refractivity contribution in [3.8, 4) is 22.4 Å². The zero-order valence-corrected chi connectivity index (χ0v) is 11.6. The molecule has 0 fully saturated rings. The second-order valence-electron chi connectivity index (χ2n) is 4.15. The molecule has 0 unspecified atom stereocenters. The van der Waals surface area contributed by atoms with E-state index < -0.39 is 0 Å². The van der Waals surface area contributed by atoms with Gasteiger partial charge in [0.1, 0.15) is 5.69 Å². The van der Waals surface area contributed by atoms with Crippen LogP contribution in [-0.2, 0) is 0 Å². The average molecular weight is 315 g/mol. The van der Waals surface area contributed by atoms with Crippen LogP contribution in [0.5, 0.6) is 0 Å². The van der Waals surface area contributed by atoms with E-state index in [-0.39, 0.29) is 0 Å². The minimum absolute atomic E-state index is 0.331. The number of nitrogens with two attached hydrogens (primary N) is 1. The fourth-order valence-corrected chi connectivity index (χ4v) is 2.42. The molecule has 2 aromatic carbocycles. The van der Waals surface area contributed by atoms with E-state index in [1.807, 2.05) is 54.6 Å². The van der Waals surface area contributed by atoms with Gasteiger partial charge in [-0.05, 0) is 17.7 Å². The summed E-state index contributed by atoms with van der Waals surface area (Å²) in [5.74, 6) is 0.331. The van der Waals surface area contributed by atoms with Crippen LogP contribution in [0, 0.1) is 0 Å². The molecule has 3 aromatic rings. The molecular formula is C15H11BrN2O. The molecule has 0 radical (unpaired) electrons. The highest BCUT2D eigenvalue weighted by molar-refractivity contribution is 9.10. The minimum Gasteiger partial charge on any atom is -0.367 e. The third kappa shape index (κ3) is 2.27. The molecular weight excluding hydrogens is 304 g/mol. The summed E-state index contributed by atoms with van der Waals surface area (Å²) in [6.45, 7) is 0. The van der Waals surface area contributed by atoms with Crippen molar-refractivity contribution in [1.29, 1.82) is 0 Å². The van der Waals surface area contributed by atoms with Crippen LogP contribution in [0.25, 0.3) is 22.4 Å². The average Bonchev–Trinajstić information content (AvgIpc) is 2.82. The molecule has 0 saturated heterocycles. The lowest BCUT2D eigenvalue weighted by atomic mass is 10.0. The lowest BCUT2D eigenvalue weighted by Crippen LogP contribution is -1.87. The van der Waals surface area contributed by atoms with Crippen LogP contribution in [0.3, 0.4) is 0 Å². The third-order valence-corrected chi connectivity index (χ3v) is 3.37. The Bertz CT molecular complexity index is 707. The number of halogens is 1. The molecule has 0 bridgehead atoms. The van der Waals surface area contributed by atoms with Gasteiger partial charge in [-0.3, -0.25) is 0 Å². The molecule has 3 rings (SSSR count). The van der Waals surface area contributed by atoms with Crippen molar-refractivity contribution in [2.45, 2.75) is 0 Å². The molecule has 2 N–H and O–H groups in total. The molecule has 4 heteroatoms. The van der Waals surface area contributed by atoms with Gasteiger partial charge in [-0.15, -0.1) is 0 Å². The maximum Gasteiger partial charge on any atom is 0.230 e. The molecule has 0 aliphatic rings. The van der Waals surface area contributed by atoms with Gasteiger partial charge in [0, 0.05) is 10.0 Å². The Hall–Kier alpha value is -2.07. The lowest BCUT2D eigenvalue weighted by molar-refractivity contribution is 0.439. The summed E-state index contributed by atoms with van der Waals surface area (Å²) in [5.41, 5.74) is 9.47. The first-order valence-electron chi connectivity index (χ1n) is 5.82. The summed E-state index contributed by atoms with van der Waals surface area (Å²) >= 11 is 3.46. The van der Waals surface area contributed by atoms with Crippen LogP contribution in [0.2, 0.25) is 0 Å². The Labute approximate surface area is 119 Å². The number of nitrogen functional groups attached to an aromatic ring is 1. The quantitative estimate of drug-likeness (QED) is 0.765. The second-order valence-corrected chi connectivity index (χ2v) is 5.06. The molecule has 94 valence electrons.